The predicted octanol–water partition coefficient (Wildman–Crippen LogP) is 1.28. The molecule has 0 radical (unpaired) electrons. The number of nitrogens with zero attached hydrogens (tertiary/aromatic N) is 3. The summed E-state index contributed by atoms with van der Waals surface area (Å²) in [6, 6.07) is 3.12. The van der Waals surface area contributed by atoms with Crippen molar-refractivity contribution in [3.8, 4) is 0 Å². The van der Waals surface area contributed by atoms with E-state index >= 15 is 0 Å². The van der Waals surface area contributed by atoms with Crippen LogP contribution in [0.4, 0.5) is 5.69 Å². The molecule has 0 aliphatic carbocycles. The minimum absolute atomic E-state index is 0.0265. The van der Waals surface area contributed by atoms with Gasteiger partial charge in [0.05, 0.1) is 0 Å². The molecule has 5 nitrogen and oxygen atoms in total. The lowest BCUT2D eigenvalue weighted by molar-refractivity contribution is 0.546. The third kappa shape index (κ3) is 2.80. The first-order chi connectivity index (χ1) is 8.70. The van der Waals surface area contributed by atoms with E-state index in [-0.39, 0.29) is 5.56 Å². The fourth-order valence-electron chi connectivity index (χ4n) is 1.94. The quantitative estimate of drug-likeness (QED) is 0.864. The number of nitrogen functional groups attached to an aromatic ring is 1. The average Bonchev–Trinajstić information content (AvgIpc) is 2.78. The van der Waals surface area contributed by atoms with Crippen molar-refractivity contribution in [2.75, 3.05) is 5.73 Å². The van der Waals surface area contributed by atoms with Gasteiger partial charge in [-0.2, -0.15) is 0 Å². The maximum Gasteiger partial charge on any atom is 0.250 e. The molecule has 0 spiro atoms. The van der Waals surface area contributed by atoms with Crippen LogP contribution in [0.5, 0.6) is 0 Å². The number of hydrogen-bond acceptors (Lipinski definition) is 3. The van der Waals surface area contributed by atoms with Gasteiger partial charge in [-0.3, -0.25) is 4.79 Å². The minimum atomic E-state index is -0.0265. The highest BCUT2D eigenvalue weighted by molar-refractivity contribution is 5.33. The molecule has 0 bridgehead atoms. The van der Waals surface area contributed by atoms with Gasteiger partial charge in [0.25, 0.3) is 5.56 Å². The van der Waals surface area contributed by atoms with Gasteiger partial charge in [0.15, 0.2) is 0 Å². The summed E-state index contributed by atoms with van der Waals surface area (Å²) in [7, 11) is 0. The Kier molecular flexibility index (Phi) is 3.82. The van der Waals surface area contributed by atoms with E-state index in [1.165, 1.54) is 6.07 Å². The summed E-state index contributed by atoms with van der Waals surface area (Å²) in [5.41, 5.74) is 6.25. The van der Waals surface area contributed by atoms with E-state index < -0.39 is 0 Å². The second-order valence-corrected chi connectivity index (χ2v) is 4.28. The molecule has 2 aromatic heterocycles. The second kappa shape index (κ2) is 5.53. The van der Waals surface area contributed by atoms with Crippen molar-refractivity contribution in [1.82, 2.24) is 14.1 Å². The molecule has 2 heterocycles. The lowest BCUT2D eigenvalue weighted by Gasteiger charge is -2.09. The first kappa shape index (κ1) is 12.4. The van der Waals surface area contributed by atoms with Crippen LogP contribution in [0, 0.1) is 0 Å². The van der Waals surface area contributed by atoms with Gasteiger partial charge in [0.2, 0.25) is 0 Å². The van der Waals surface area contributed by atoms with Gasteiger partial charge in [0.1, 0.15) is 5.82 Å². The Bertz CT molecular complexity index is 570. The second-order valence-electron chi connectivity index (χ2n) is 4.28. The zero-order chi connectivity index (χ0) is 13.0. The highest BCUT2D eigenvalue weighted by atomic mass is 16.1. The molecule has 18 heavy (non-hydrogen) atoms. The molecule has 0 aromatic carbocycles. The molecule has 0 saturated heterocycles. The van der Waals surface area contributed by atoms with E-state index in [9.17, 15) is 4.79 Å². The highest BCUT2D eigenvalue weighted by Gasteiger charge is 2.02. The fourth-order valence-corrected chi connectivity index (χ4v) is 1.94. The lowest BCUT2D eigenvalue weighted by atomic mass is 10.3. The van der Waals surface area contributed by atoms with Gasteiger partial charge < -0.3 is 14.9 Å². The van der Waals surface area contributed by atoms with Crippen LogP contribution in [-0.2, 0) is 19.5 Å². The van der Waals surface area contributed by atoms with E-state index in [4.69, 9.17) is 5.73 Å². The third-order valence-corrected chi connectivity index (χ3v) is 2.86. The lowest BCUT2D eigenvalue weighted by Crippen LogP contribution is -2.21. The number of nitrogens with two attached hydrogens (primary N) is 1. The van der Waals surface area contributed by atoms with Crippen molar-refractivity contribution in [2.24, 2.45) is 0 Å². The van der Waals surface area contributed by atoms with E-state index in [0.717, 1.165) is 25.2 Å². The molecule has 96 valence electrons. The maximum atomic E-state index is 11.6. The van der Waals surface area contributed by atoms with Gasteiger partial charge in [-0.1, -0.05) is 6.92 Å². The van der Waals surface area contributed by atoms with Crippen LogP contribution in [0.1, 0.15) is 19.2 Å². The van der Waals surface area contributed by atoms with Gasteiger partial charge in [0, 0.05) is 49.9 Å². The molecule has 2 rings (SSSR count). The van der Waals surface area contributed by atoms with Gasteiger partial charge >= 0.3 is 0 Å². The first-order valence-electron chi connectivity index (χ1n) is 6.16. The predicted molar refractivity (Wildman–Crippen MR) is 71.3 cm³/mol. The van der Waals surface area contributed by atoms with E-state index in [0.29, 0.717) is 12.2 Å². The third-order valence-electron chi connectivity index (χ3n) is 2.86. The fraction of sp³-hybridized carbons (Fsp3) is 0.385. The van der Waals surface area contributed by atoms with Crippen LogP contribution in [0.15, 0.2) is 35.5 Å². The normalized spacial score (nSPS) is 10.7. The van der Waals surface area contributed by atoms with Gasteiger partial charge in [-0.25, -0.2) is 4.98 Å². The van der Waals surface area contributed by atoms with Crippen LogP contribution in [-0.4, -0.2) is 14.1 Å². The zero-order valence-corrected chi connectivity index (χ0v) is 10.5. The maximum absolute atomic E-state index is 11.6. The summed E-state index contributed by atoms with van der Waals surface area (Å²) in [5.74, 6) is 1.06. The number of pyridine rings is 1. The standard InChI is InChI=1S/C13H18N4O/c1-2-3-12-15-6-7-16(12)8-9-17-10-11(14)4-5-13(17)18/h4-7,10H,2-3,8-9,14H2,1H3. The Morgan fingerprint density at radius 3 is 2.83 bits per heavy atom. The molecule has 5 heteroatoms. The van der Waals surface area contributed by atoms with Crippen LogP contribution in [0.3, 0.4) is 0 Å². The van der Waals surface area contributed by atoms with E-state index in [1.807, 2.05) is 6.20 Å². The Balaban J connectivity index is 2.09. The molecule has 0 aliphatic rings. The molecule has 0 aliphatic heterocycles. The monoisotopic (exact) mass is 246 g/mol. The minimum Gasteiger partial charge on any atom is -0.398 e. The zero-order valence-electron chi connectivity index (χ0n) is 10.5. The summed E-state index contributed by atoms with van der Waals surface area (Å²) in [4.78, 5) is 15.9. The smallest absolute Gasteiger partial charge is 0.250 e. The number of aromatic nitrogens is 3. The number of anilines is 1. The number of aryl methyl sites for hydroxylation is 3. The topological polar surface area (TPSA) is 65.8 Å². The molecule has 0 fully saturated rings. The number of rotatable bonds is 5. The van der Waals surface area contributed by atoms with E-state index in [1.54, 1.807) is 23.0 Å². The Hall–Kier alpha value is -2.04. The molecular weight excluding hydrogens is 228 g/mol. The summed E-state index contributed by atoms with van der Waals surface area (Å²) in [5, 5.41) is 0. The van der Waals surface area contributed by atoms with E-state index in [2.05, 4.69) is 16.5 Å². The highest BCUT2D eigenvalue weighted by Crippen LogP contribution is 2.02. The summed E-state index contributed by atoms with van der Waals surface area (Å²) >= 11 is 0. The van der Waals surface area contributed by atoms with Crippen molar-refractivity contribution in [2.45, 2.75) is 32.9 Å². The molecule has 0 saturated carbocycles. The van der Waals surface area contributed by atoms with Crippen molar-refractivity contribution in [3.63, 3.8) is 0 Å². The van der Waals surface area contributed by atoms with Crippen LogP contribution < -0.4 is 11.3 Å². The van der Waals surface area contributed by atoms with Crippen LogP contribution in [0.2, 0.25) is 0 Å². The Morgan fingerprint density at radius 1 is 1.28 bits per heavy atom. The molecule has 0 amide bonds. The Labute approximate surface area is 106 Å². The summed E-state index contributed by atoms with van der Waals surface area (Å²) in [6.07, 6.45) is 7.45. The summed E-state index contributed by atoms with van der Waals surface area (Å²) < 4.78 is 3.71. The van der Waals surface area contributed by atoms with Crippen molar-refractivity contribution >= 4 is 5.69 Å². The molecule has 2 aromatic rings. The molecule has 0 atom stereocenters. The van der Waals surface area contributed by atoms with Crippen LogP contribution >= 0.6 is 0 Å². The molecule has 0 unspecified atom stereocenters. The van der Waals surface area contributed by atoms with Gasteiger partial charge in [-0.05, 0) is 12.5 Å². The van der Waals surface area contributed by atoms with Crippen LogP contribution in [0.25, 0.3) is 0 Å². The summed E-state index contributed by atoms with van der Waals surface area (Å²) in [6.45, 7) is 3.47. The first-order valence-corrected chi connectivity index (χ1v) is 6.16. The number of imidazole rings is 1. The molecular formula is C13H18N4O. The van der Waals surface area contributed by atoms with Crippen molar-refractivity contribution in [1.29, 1.82) is 0 Å². The average molecular weight is 246 g/mol. The number of hydrogen-bond donors (Lipinski definition) is 1. The molecule has 2 N–H and O–H groups in total. The van der Waals surface area contributed by atoms with Crippen molar-refractivity contribution < 1.29 is 0 Å². The largest absolute Gasteiger partial charge is 0.398 e. The van der Waals surface area contributed by atoms with Crippen molar-refractivity contribution in [3.05, 3.63) is 46.9 Å². The SMILES string of the molecule is CCCc1nccn1CCn1cc(N)ccc1=O. The Morgan fingerprint density at radius 2 is 2.06 bits per heavy atom. The van der Waals surface area contributed by atoms with Gasteiger partial charge in [-0.15, -0.1) is 0 Å².